The zero-order valence-electron chi connectivity index (χ0n) is 14.8. The monoisotopic (exact) mass is 334 g/mol. The molecule has 1 N–H and O–H groups in total. The molecule has 1 fully saturated rings. The standard InChI is InChI=1S/C18H26N2O4/c1-17(2,3)24-16(22)20-11-10-19-18(4,13-20)15(21)23-12-14-8-6-5-7-9-14/h5-9,19H,10-13H2,1-4H3/t18-/m0/s1. The fourth-order valence-corrected chi connectivity index (χ4v) is 2.48. The molecule has 0 aromatic heterocycles. The second-order valence-electron chi connectivity index (χ2n) is 7.22. The first kappa shape index (κ1) is 18.3. The Hall–Kier alpha value is -2.08. The van der Waals surface area contributed by atoms with Crippen molar-refractivity contribution in [2.75, 3.05) is 19.6 Å². The highest BCUT2D eigenvalue weighted by atomic mass is 16.6. The van der Waals surface area contributed by atoms with Crippen LogP contribution in [-0.4, -0.2) is 47.7 Å². The number of ether oxygens (including phenoxy) is 2. The second kappa shape index (κ2) is 7.21. The van der Waals surface area contributed by atoms with Crippen LogP contribution in [-0.2, 0) is 20.9 Å². The molecule has 1 aromatic carbocycles. The van der Waals surface area contributed by atoms with Gasteiger partial charge in [-0.25, -0.2) is 9.59 Å². The number of nitrogens with one attached hydrogen (secondary N) is 1. The van der Waals surface area contributed by atoms with E-state index in [9.17, 15) is 9.59 Å². The van der Waals surface area contributed by atoms with Gasteiger partial charge < -0.3 is 14.4 Å². The SMILES string of the molecule is CC(C)(C)OC(=O)N1CCN[C@](C)(C(=O)OCc2ccccc2)C1. The van der Waals surface area contributed by atoms with E-state index in [0.717, 1.165) is 5.56 Å². The third kappa shape index (κ3) is 4.96. The van der Waals surface area contributed by atoms with Crippen LogP contribution in [0.25, 0.3) is 0 Å². The van der Waals surface area contributed by atoms with E-state index in [1.54, 1.807) is 11.8 Å². The highest BCUT2D eigenvalue weighted by Gasteiger charge is 2.41. The van der Waals surface area contributed by atoms with Crippen molar-refractivity contribution in [3.8, 4) is 0 Å². The van der Waals surface area contributed by atoms with Gasteiger partial charge in [0.1, 0.15) is 17.7 Å². The minimum atomic E-state index is -0.941. The smallest absolute Gasteiger partial charge is 0.410 e. The molecule has 0 aliphatic carbocycles. The van der Waals surface area contributed by atoms with Crippen molar-refractivity contribution < 1.29 is 19.1 Å². The van der Waals surface area contributed by atoms with E-state index in [-0.39, 0.29) is 19.1 Å². The van der Waals surface area contributed by atoms with Crippen LogP contribution in [0.2, 0.25) is 0 Å². The van der Waals surface area contributed by atoms with Crippen LogP contribution >= 0.6 is 0 Å². The summed E-state index contributed by atoms with van der Waals surface area (Å²) < 4.78 is 10.8. The summed E-state index contributed by atoms with van der Waals surface area (Å²) in [6, 6.07) is 9.50. The molecule has 132 valence electrons. The maximum absolute atomic E-state index is 12.5. The van der Waals surface area contributed by atoms with Crippen molar-refractivity contribution in [1.82, 2.24) is 10.2 Å². The molecule has 6 heteroatoms. The van der Waals surface area contributed by atoms with Gasteiger partial charge in [-0.3, -0.25) is 5.32 Å². The Morgan fingerprint density at radius 2 is 1.92 bits per heavy atom. The first-order valence-electron chi connectivity index (χ1n) is 8.14. The van der Waals surface area contributed by atoms with Crippen molar-refractivity contribution in [2.45, 2.75) is 45.4 Å². The minimum absolute atomic E-state index is 0.212. The molecule has 0 saturated carbocycles. The molecule has 0 spiro atoms. The molecule has 0 radical (unpaired) electrons. The number of nitrogens with zero attached hydrogens (tertiary/aromatic N) is 1. The molecule has 0 bridgehead atoms. The van der Waals surface area contributed by atoms with Crippen LogP contribution in [0.5, 0.6) is 0 Å². The largest absolute Gasteiger partial charge is 0.459 e. The first-order chi connectivity index (χ1) is 11.2. The molecule has 2 rings (SSSR count). The summed E-state index contributed by atoms with van der Waals surface area (Å²) in [7, 11) is 0. The number of carbonyl (C=O) groups is 2. The number of benzene rings is 1. The number of rotatable bonds is 3. The Bertz CT molecular complexity index is 582. The van der Waals surface area contributed by atoms with Crippen molar-refractivity contribution in [3.63, 3.8) is 0 Å². The van der Waals surface area contributed by atoms with E-state index in [2.05, 4.69) is 5.32 Å². The van der Waals surface area contributed by atoms with Crippen LogP contribution < -0.4 is 5.32 Å². The summed E-state index contributed by atoms with van der Waals surface area (Å²) in [5.41, 5.74) is -0.579. The van der Waals surface area contributed by atoms with Crippen molar-refractivity contribution in [3.05, 3.63) is 35.9 Å². The van der Waals surface area contributed by atoms with E-state index in [0.29, 0.717) is 13.1 Å². The Kier molecular flexibility index (Phi) is 5.49. The minimum Gasteiger partial charge on any atom is -0.459 e. The molecule has 1 aliphatic heterocycles. The summed E-state index contributed by atoms with van der Waals surface area (Å²) in [4.78, 5) is 26.3. The average molecular weight is 334 g/mol. The number of carbonyl (C=O) groups excluding carboxylic acids is 2. The van der Waals surface area contributed by atoms with Gasteiger partial charge in [-0.1, -0.05) is 30.3 Å². The molecule has 24 heavy (non-hydrogen) atoms. The molecule has 1 amide bonds. The Morgan fingerprint density at radius 3 is 2.54 bits per heavy atom. The number of esters is 1. The van der Waals surface area contributed by atoms with Gasteiger partial charge >= 0.3 is 12.1 Å². The lowest BCUT2D eigenvalue weighted by Crippen LogP contribution is -2.64. The molecule has 1 atom stereocenters. The third-order valence-electron chi connectivity index (χ3n) is 3.72. The van der Waals surface area contributed by atoms with E-state index < -0.39 is 17.2 Å². The first-order valence-corrected chi connectivity index (χ1v) is 8.14. The van der Waals surface area contributed by atoms with Crippen molar-refractivity contribution in [2.24, 2.45) is 0 Å². The maximum atomic E-state index is 12.5. The van der Waals surface area contributed by atoms with Gasteiger partial charge in [-0.05, 0) is 33.3 Å². The van der Waals surface area contributed by atoms with Crippen LogP contribution in [0.1, 0.15) is 33.3 Å². The number of hydrogen-bond donors (Lipinski definition) is 1. The molecular weight excluding hydrogens is 308 g/mol. The lowest BCUT2D eigenvalue weighted by Gasteiger charge is -2.39. The average Bonchev–Trinajstić information content (AvgIpc) is 2.52. The van der Waals surface area contributed by atoms with Gasteiger partial charge in [-0.2, -0.15) is 0 Å². The predicted octanol–water partition coefficient (Wildman–Crippen LogP) is 2.33. The van der Waals surface area contributed by atoms with Gasteiger partial charge in [-0.15, -0.1) is 0 Å². The number of hydrogen-bond acceptors (Lipinski definition) is 5. The molecule has 0 unspecified atom stereocenters. The van der Waals surface area contributed by atoms with Gasteiger partial charge in [0, 0.05) is 13.1 Å². The van der Waals surface area contributed by atoms with E-state index in [1.807, 2.05) is 51.1 Å². The van der Waals surface area contributed by atoms with Crippen LogP contribution in [0.15, 0.2) is 30.3 Å². The molecule has 1 aromatic rings. The Labute approximate surface area is 143 Å². The fourth-order valence-electron chi connectivity index (χ4n) is 2.48. The second-order valence-corrected chi connectivity index (χ2v) is 7.22. The van der Waals surface area contributed by atoms with Crippen LogP contribution in [0, 0.1) is 0 Å². The van der Waals surface area contributed by atoms with Crippen LogP contribution in [0.3, 0.4) is 0 Å². The molecular formula is C18H26N2O4. The molecule has 1 saturated heterocycles. The summed E-state index contributed by atoms with van der Waals surface area (Å²) >= 11 is 0. The summed E-state index contributed by atoms with van der Waals surface area (Å²) in [5, 5.41) is 3.16. The van der Waals surface area contributed by atoms with Crippen molar-refractivity contribution in [1.29, 1.82) is 0 Å². The number of amides is 1. The van der Waals surface area contributed by atoms with E-state index in [1.165, 1.54) is 0 Å². The molecule has 1 aliphatic rings. The van der Waals surface area contributed by atoms with E-state index >= 15 is 0 Å². The highest BCUT2D eigenvalue weighted by Crippen LogP contribution is 2.18. The summed E-state index contributed by atoms with van der Waals surface area (Å²) in [5.74, 6) is -0.375. The molecule has 6 nitrogen and oxygen atoms in total. The highest BCUT2D eigenvalue weighted by molar-refractivity contribution is 5.82. The van der Waals surface area contributed by atoms with Gasteiger partial charge in [0.15, 0.2) is 0 Å². The van der Waals surface area contributed by atoms with E-state index in [4.69, 9.17) is 9.47 Å². The predicted molar refractivity (Wildman–Crippen MR) is 90.5 cm³/mol. The quantitative estimate of drug-likeness (QED) is 0.859. The summed E-state index contributed by atoms with van der Waals surface area (Å²) in [6.07, 6.45) is -0.411. The van der Waals surface area contributed by atoms with Gasteiger partial charge in [0.25, 0.3) is 0 Å². The Morgan fingerprint density at radius 1 is 1.25 bits per heavy atom. The lowest BCUT2D eigenvalue weighted by atomic mass is 9.99. The van der Waals surface area contributed by atoms with Gasteiger partial charge in [0.2, 0.25) is 0 Å². The fraction of sp³-hybridized carbons (Fsp3) is 0.556. The van der Waals surface area contributed by atoms with Gasteiger partial charge in [0.05, 0.1) is 6.54 Å². The summed E-state index contributed by atoms with van der Waals surface area (Å²) in [6.45, 7) is 8.64. The maximum Gasteiger partial charge on any atom is 0.410 e. The Balaban J connectivity index is 1.95. The van der Waals surface area contributed by atoms with Crippen molar-refractivity contribution >= 4 is 12.1 Å². The zero-order valence-corrected chi connectivity index (χ0v) is 14.8. The molecule has 1 heterocycles. The lowest BCUT2D eigenvalue weighted by molar-refractivity contribution is -0.154. The van der Waals surface area contributed by atoms with Crippen LogP contribution in [0.4, 0.5) is 4.79 Å². The normalized spacial score (nSPS) is 21.2. The zero-order chi connectivity index (χ0) is 17.8. The topological polar surface area (TPSA) is 67.9 Å². The third-order valence-corrected chi connectivity index (χ3v) is 3.72. The number of piperazine rings is 1.